The van der Waals surface area contributed by atoms with Crippen molar-refractivity contribution in [1.82, 2.24) is 14.5 Å². The molecule has 6 heteroatoms. The first-order valence-electron chi connectivity index (χ1n) is 27.7. The molecule has 15 rings (SSSR count). The summed E-state index contributed by atoms with van der Waals surface area (Å²) in [6.45, 7) is 6.88. The maximum Gasteiger partial charge on any atom is 0.252 e. The number of nitrogens with zero attached hydrogens (tertiary/aromatic N) is 5. The van der Waals surface area contributed by atoms with Crippen LogP contribution in [0.15, 0.2) is 273 Å². The minimum Gasteiger partial charge on any atom is -0.311 e. The summed E-state index contributed by atoms with van der Waals surface area (Å²) in [7, 11) is 0. The Kier molecular flexibility index (Phi) is 11.1. The highest BCUT2D eigenvalue weighted by Crippen LogP contribution is 2.48. The highest BCUT2D eigenvalue weighted by Gasteiger charge is 2.44. The third-order valence-corrected chi connectivity index (χ3v) is 16.4. The van der Waals surface area contributed by atoms with Crippen LogP contribution < -0.4 is 26.2 Å². The summed E-state index contributed by atoms with van der Waals surface area (Å²) < 4.78 is 2.46. The summed E-state index contributed by atoms with van der Waals surface area (Å²) in [5.74, 6) is 0.668. The molecule has 0 saturated carbocycles. The number of hydrogen-bond donors (Lipinski definition) is 0. The molecule has 0 radical (unpaired) electrons. The molecular weight excluding hydrogens is 970 g/mol. The van der Waals surface area contributed by atoms with Crippen LogP contribution in [0.25, 0.3) is 83.6 Å². The van der Waals surface area contributed by atoms with Gasteiger partial charge in [-0.05, 0) is 123 Å². The van der Waals surface area contributed by atoms with E-state index in [1.807, 2.05) is 12.1 Å². The molecule has 0 spiro atoms. The Morgan fingerprint density at radius 3 is 1.48 bits per heavy atom. The maximum atomic E-state index is 5.34. The first-order valence-corrected chi connectivity index (χ1v) is 27.7. The number of fused-ring (bicyclic) bond motifs is 7. The highest BCUT2D eigenvalue weighted by molar-refractivity contribution is 7.00. The van der Waals surface area contributed by atoms with Gasteiger partial charge in [-0.2, -0.15) is 0 Å². The lowest BCUT2D eigenvalue weighted by molar-refractivity contribution is 0.591. The van der Waals surface area contributed by atoms with E-state index in [2.05, 4.69) is 296 Å². The minimum atomic E-state index is -0.0104. The monoisotopic (exact) mass is 1020 g/mol. The molecule has 4 heterocycles. The van der Waals surface area contributed by atoms with E-state index in [-0.39, 0.29) is 12.1 Å². The lowest BCUT2D eigenvalue weighted by Crippen LogP contribution is -2.61. The second kappa shape index (κ2) is 18.9. The van der Waals surface area contributed by atoms with Crippen molar-refractivity contribution in [2.75, 3.05) is 9.80 Å². The Hall–Kier alpha value is -10.0. The van der Waals surface area contributed by atoms with Crippen molar-refractivity contribution in [3.63, 3.8) is 0 Å². The molecular formula is C74H54BN5. The Bertz CT molecular complexity index is 4440. The van der Waals surface area contributed by atoms with Gasteiger partial charge in [0.1, 0.15) is 0 Å². The summed E-state index contributed by atoms with van der Waals surface area (Å²) in [5.41, 5.74) is 24.8. The van der Waals surface area contributed by atoms with Crippen LogP contribution in [0, 0.1) is 0 Å². The fourth-order valence-corrected chi connectivity index (χ4v) is 12.6. The third kappa shape index (κ3) is 7.78. The quantitative estimate of drug-likeness (QED) is 0.142. The molecule has 2 aromatic heterocycles. The van der Waals surface area contributed by atoms with E-state index in [1.165, 1.54) is 55.5 Å². The number of para-hydroxylation sites is 5. The van der Waals surface area contributed by atoms with Crippen LogP contribution in [-0.2, 0) is 5.41 Å². The van der Waals surface area contributed by atoms with E-state index in [0.29, 0.717) is 5.82 Å². The van der Waals surface area contributed by atoms with Crippen LogP contribution in [0.1, 0.15) is 26.3 Å². The van der Waals surface area contributed by atoms with Crippen LogP contribution >= 0.6 is 0 Å². The van der Waals surface area contributed by atoms with Gasteiger partial charge < -0.3 is 14.4 Å². The first-order chi connectivity index (χ1) is 39.3. The molecule has 2 aliphatic rings. The lowest BCUT2D eigenvalue weighted by Gasteiger charge is -2.45. The summed E-state index contributed by atoms with van der Waals surface area (Å²) in [4.78, 5) is 15.6. The van der Waals surface area contributed by atoms with E-state index in [1.54, 1.807) is 0 Å². The van der Waals surface area contributed by atoms with Crippen molar-refractivity contribution in [3.05, 3.63) is 279 Å². The van der Waals surface area contributed by atoms with Gasteiger partial charge in [-0.25, -0.2) is 9.97 Å². The van der Waals surface area contributed by atoms with E-state index >= 15 is 0 Å². The van der Waals surface area contributed by atoms with E-state index < -0.39 is 0 Å². The number of benzene rings is 11. The molecule has 0 N–H and O–H groups in total. The second-order valence-corrected chi connectivity index (χ2v) is 22.1. The Morgan fingerprint density at radius 1 is 0.350 bits per heavy atom. The molecule has 0 bridgehead atoms. The Balaban J connectivity index is 0.955. The van der Waals surface area contributed by atoms with Crippen molar-refractivity contribution >= 4 is 79.0 Å². The minimum absolute atomic E-state index is 0.00700. The molecule has 378 valence electrons. The molecule has 0 unspecified atom stereocenters. The summed E-state index contributed by atoms with van der Waals surface area (Å²) >= 11 is 0. The van der Waals surface area contributed by atoms with Crippen molar-refractivity contribution in [3.8, 4) is 61.8 Å². The van der Waals surface area contributed by atoms with Gasteiger partial charge in [0.25, 0.3) is 6.71 Å². The molecule has 13 aromatic rings. The fourth-order valence-electron chi connectivity index (χ4n) is 12.6. The second-order valence-electron chi connectivity index (χ2n) is 22.1. The molecule has 80 heavy (non-hydrogen) atoms. The zero-order chi connectivity index (χ0) is 53.5. The van der Waals surface area contributed by atoms with E-state index in [4.69, 9.17) is 9.97 Å². The van der Waals surface area contributed by atoms with Gasteiger partial charge in [-0.3, -0.25) is 0 Å². The van der Waals surface area contributed by atoms with Gasteiger partial charge in [0.15, 0.2) is 5.82 Å². The van der Waals surface area contributed by atoms with Crippen LogP contribution in [-0.4, -0.2) is 21.2 Å². The summed E-state index contributed by atoms with van der Waals surface area (Å²) in [6, 6.07) is 99.3. The number of hydrogen-bond acceptors (Lipinski definition) is 4. The molecule has 0 aliphatic carbocycles. The van der Waals surface area contributed by atoms with Gasteiger partial charge in [0.05, 0.1) is 33.8 Å². The van der Waals surface area contributed by atoms with Gasteiger partial charge in [0.2, 0.25) is 0 Å². The summed E-state index contributed by atoms with van der Waals surface area (Å²) in [5, 5.41) is 2.46. The molecule has 11 aromatic carbocycles. The predicted octanol–water partition coefficient (Wildman–Crippen LogP) is 17.3. The normalized spacial score (nSPS) is 12.6. The highest BCUT2D eigenvalue weighted by atomic mass is 15.2. The molecule has 0 fully saturated rings. The van der Waals surface area contributed by atoms with Gasteiger partial charge in [0, 0.05) is 67.0 Å². The van der Waals surface area contributed by atoms with Crippen molar-refractivity contribution in [2.45, 2.75) is 26.2 Å². The van der Waals surface area contributed by atoms with E-state index in [0.717, 1.165) is 78.4 Å². The van der Waals surface area contributed by atoms with E-state index in [9.17, 15) is 0 Å². The van der Waals surface area contributed by atoms with Crippen molar-refractivity contribution in [2.24, 2.45) is 0 Å². The average molecular weight is 1020 g/mol. The number of anilines is 6. The first kappa shape index (κ1) is 47.2. The Labute approximate surface area is 467 Å². The van der Waals surface area contributed by atoms with Crippen LogP contribution in [0.4, 0.5) is 34.1 Å². The number of rotatable bonds is 8. The van der Waals surface area contributed by atoms with Crippen LogP contribution in [0.5, 0.6) is 0 Å². The van der Waals surface area contributed by atoms with Crippen molar-refractivity contribution < 1.29 is 0 Å². The van der Waals surface area contributed by atoms with Crippen LogP contribution in [0.2, 0.25) is 0 Å². The SMILES string of the molecule is CC(C)(C)c1ccc2c(c1)c1ccccc1n2-c1ccc(-c2nc(-c3ccccc3)cc(-c3ccccc3)n2)cc1-c1ccc(-c2ccc3c4c2N(c2ccccc2)c2ccccc2B4c2ccccc2N3c2ccccc2)cc1. The largest absolute Gasteiger partial charge is 0.311 e. The molecule has 0 saturated heterocycles. The summed E-state index contributed by atoms with van der Waals surface area (Å²) in [6.07, 6.45) is 0. The Morgan fingerprint density at radius 2 is 0.850 bits per heavy atom. The smallest absolute Gasteiger partial charge is 0.252 e. The molecule has 0 atom stereocenters. The zero-order valence-corrected chi connectivity index (χ0v) is 44.8. The van der Waals surface area contributed by atoms with Gasteiger partial charge in [-0.15, -0.1) is 0 Å². The van der Waals surface area contributed by atoms with Crippen LogP contribution in [0.3, 0.4) is 0 Å². The van der Waals surface area contributed by atoms with Crippen molar-refractivity contribution in [1.29, 1.82) is 0 Å². The standard InChI is InChI=1S/C74H54BN5/c1-74(2,3)54-41-44-67-60(47-54)58-30-16-19-33-65(58)80(67)66-43-40-53(73-76-63(51-22-8-4-9-23-51)48-64(77-73)52-24-10-5-11-25-52)46-59(66)50-38-36-49(37-39-50)57-42-45-70-71-72(57)79(56-28-14-7-15-29-56)69-35-21-18-32-62(69)75(71)61-31-17-20-34-68(61)78(70)55-26-12-6-13-27-55/h4-48H,1-3H3. The fraction of sp³-hybridized carbons (Fsp3) is 0.0541. The molecule has 0 amide bonds. The average Bonchev–Trinajstić information content (AvgIpc) is 3.72. The third-order valence-electron chi connectivity index (χ3n) is 16.4. The zero-order valence-electron chi connectivity index (χ0n) is 44.8. The predicted molar refractivity (Wildman–Crippen MR) is 336 cm³/mol. The molecule has 2 aliphatic heterocycles. The maximum absolute atomic E-state index is 5.34. The van der Waals surface area contributed by atoms with Gasteiger partial charge >= 0.3 is 0 Å². The topological polar surface area (TPSA) is 37.2 Å². The molecule has 5 nitrogen and oxygen atoms in total. The lowest BCUT2D eigenvalue weighted by atomic mass is 9.33. The number of aromatic nitrogens is 3. The van der Waals surface area contributed by atoms with Gasteiger partial charge in [-0.1, -0.05) is 209 Å².